The number of hydrogen-bond acceptors (Lipinski definition) is 2. The zero-order valence-electron chi connectivity index (χ0n) is 6.20. The van der Waals surface area contributed by atoms with Crippen LogP contribution >= 0.6 is 15.9 Å². The number of rotatable bonds is 1. The van der Waals surface area contributed by atoms with Crippen molar-refractivity contribution < 1.29 is 4.42 Å². The van der Waals surface area contributed by atoms with Crippen LogP contribution in [0.15, 0.2) is 45.6 Å². The lowest BCUT2D eigenvalue weighted by Gasteiger charge is -1.92. The average Bonchev–Trinajstić information content (AvgIpc) is 2.54. The number of halogens is 1. The molecule has 2 heterocycles. The molecule has 2 aromatic rings. The van der Waals surface area contributed by atoms with E-state index < -0.39 is 0 Å². The van der Waals surface area contributed by atoms with Gasteiger partial charge in [0.2, 0.25) is 0 Å². The van der Waals surface area contributed by atoms with E-state index in [2.05, 4.69) is 20.9 Å². The lowest BCUT2D eigenvalue weighted by molar-refractivity contribution is 0.554. The Kier molecular flexibility index (Phi) is 1.96. The van der Waals surface area contributed by atoms with Crippen molar-refractivity contribution in [2.45, 2.75) is 0 Å². The minimum Gasteiger partial charge on any atom is -0.448 e. The summed E-state index contributed by atoms with van der Waals surface area (Å²) >= 11 is 3.23. The third-order valence-corrected chi connectivity index (χ3v) is 1.92. The first-order valence-electron chi connectivity index (χ1n) is 3.53. The number of hydrogen-bond donors (Lipinski definition) is 0. The van der Waals surface area contributed by atoms with E-state index in [0.717, 1.165) is 16.1 Å². The van der Waals surface area contributed by atoms with E-state index in [0.29, 0.717) is 0 Å². The molecule has 2 rings (SSSR count). The molecule has 0 aliphatic rings. The molecule has 2 aromatic heterocycles. The van der Waals surface area contributed by atoms with E-state index in [9.17, 15) is 0 Å². The molecule has 0 fully saturated rings. The molecule has 0 saturated heterocycles. The lowest BCUT2D eigenvalue weighted by Crippen LogP contribution is -1.76. The van der Waals surface area contributed by atoms with E-state index in [1.54, 1.807) is 6.20 Å². The highest BCUT2D eigenvalue weighted by atomic mass is 79.9. The highest BCUT2D eigenvalue weighted by Crippen LogP contribution is 2.22. The van der Waals surface area contributed by atoms with Crippen LogP contribution in [0.4, 0.5) is 0 Å². The van der Waals surface area contributed by atoms with E-state index in [1.165, 1.54) is 0 Å². The summed E-state index contributed by atoms with van der Waals surface area (Å²) in [5.41, 5.74) is 0.850. The summed E-state index contributed by atoms with van der Waals surface area (Å²) in [7, 11) is 0. The normalized spacial score (nSPS) is 10.1. The Morgan fingerprint density at radius 1 is 1.17 bits per heavy atom. The van der Waals surface area contributed by atoms with Gasteiger partial charge in [-0.15, -0.1) is 0 Å². The van der Waals surface area contributed by atoms with Crippen LogP contribution in [0.5, 0.6) is 0 Å². The van der Waals surface area contributed by atoms with Crippen molar-refractivity contribution in [2.75, 3.05) is 0 Å². The molecule has 0 amide bonds. The molecule has 0 aliphatic heterocycles. The standard InChI is InChI=1S/C9H6BrNO/c10-9-5-4-8(12-9)7-3-1-2-6-11-7/h1-6H. The summed E-state index contributed by atoms with van der Waals surface area (Å²) in [6.07, 6.45) is 1.74. The molecule has 0 aromatic carbocycles. The average molecular weight is 224 g/mol. The molecule has 0 unspecified atom stereocenters. The van der Waals surface area contributed by atoms with Gasteiger partial charge >= 0.3 is 0 Å². The number of furan rings is 1. The molecule has 12 heavy (non-hydrogen) atoms. The first kappa shape index (κ1) is 7.55. The molecular weight excluding hydrogens is 218 g/mol. The number of pyridine rings is 1. The van der Waals surface area contributed by atoms with Gasteiger partial charge in [0.1, 0.15) is 5.69 Å². The molecule has 0 N–H and O–H groups in total. The maximum absolute atomic E-state index is 5.32. The fourth-order valence-corrected chi connectivity index (χ4v) is 1.27. The predicted molar refractivity (Wildman–Crippen MR) is 49.6 cm³/mol. The molecule has 0 bridgehead atoms. The molecule has 0 aliphatic carbocycles. The Labute approximate surface area is 78.4 Å². The molecule has 0 radical (unpaired) electrons. The van der Waals surface area contributed by atoms with Crippen molar-refractivity contribution in [1.82, 2.24) is 4.98 Å². The highest BCUT2D eigenvalue weighted by Gasteiger charge is 2.01. The van der Waals surface area contributed by atoms with E-state index in [1.807, 2.05) is 30.3 Å². The first-order chi connectivity index (χ1) is 5.86. The highest BCUT2D eigenvalue weighted by molar-refractivity contribution is 9.10. The van der Waals surface area contributed by atoms with Crippen LogP contribution in [-0.2, 0) is 0 Å². The van der Waals surface area contributed by atoms with E-state index in [4.69, 9.17) is 4.42 Å². The van der Waals surface area contributed by atoms with E-state index >= 15 is 0 Å². The van der Waals surface area contributed by atoms with Gasteiger partial charge in [-0.3, -0.25) is 4.98 Å². The van der Waals surface area contributed by atoms with Crippen molar-refractivity contribution >= 4 is 15.9 Å². The van der Waals surface area contributed by atoms with Crippen LogP contribution in [0.1, 0.15) is 0 Å². The Balaban J connectivity index is 2.45. The van der Waals surface area contributed by atoms with Gasteiger partial charge in [-0.05, 0) is 40.2 Å². The van der Waals surface area contributed by atoms with Crippen LogP contribution in [0.3, 0.4) is 0 Å². The van der Waals surface area contributed by atoms with Gasteiger partial charge in [0, 0.05) is 6.20 Å². The third kappa shape index (κ3) is 1.41. The first-order valence-corrected chi connectivity index (χ1v) is 4.32. The Morgan fingerprint density at radius 3 is 2.67 bits per heavy atom. The second-order valence-corrected chi connectivity index (χ2v) is 3.10. The molecule has 3 heteroatoms. The second-order valence-electron chi connectivity index (χ2n) is 2.32. The van der Waals surface area contributed by atoms with Gasteiger partial charge in [0.15, 0.2) is 10.4 Å². The fourth-order valence-electron chi connectivity index (χ4n) is 0.960. The maximum Gasteiger partial charge on any atom is 0.169 e. The second kappa shape index (κ2) is 3.11. The van der Waals surface area contributed by atoms with Crippen molar-refractivity contribution in [3.05, 3.63) is 41.2 Å². The van der Waals surface area contributed by atoms with Crippen LogP contribution < -0.4 is 0 Å². The molecule has 2 nitrogen and oxygen atoms in total. The van der Waals surface area contributed by atoms with Gasteiger partial charge < -0.3 is 4.42 Å². The van der Waals surface area contributed by atoms with Crippen molar-refractivity contribution in [2.24, 2.45) is 0 Å². The minimum atomic E-state index is 0.725. The van der Waals surface area contributed by atoms with Gasteiger partial charge in [0.05, 0.1) is 0 Å². The summed E-state index contributed by atoms with van der Waals surface area (Å²) < 4.78 is 6.05. The molecular formula is C9H6BrNO. The van der Waals surface area contributed by atoms with Crippen LogP contribution in [0.2, 0.25) is 0 Å². The fraction of sp³-hybridized carbons (Fsp3) is 0. The van der Waals surface area contributed by atoms with Crippen molar-refractivity contribution in [3.63, 3.8) is 0 Å². The minimum absolute atomic E-state index is 0.725. The quantitative estimate of drug-likeness (QED) is 0.743. The maximum atomic E-state index is 5.32. The van der Waals surface area contributed by atoms with Gasteiger partial charge in [-0.2, -0.15) is 0 Å². The number of aromatic nitrogens is 1. The topological polar surface area (TPSA) is 26.0 Å². The Bertz CT molecular complexity index is 369. The molecule has 60 valence electrons. The largest absolute Gasteiger partial charge is 0.448 e. The molecule has 0 spiro atoms. The Hall–Kier alpha value is -1.09. The predicted octanol–water partition coefficient (Wildman–Crippen LogP) is 3.10. The van der Waals surface area contributed by atoms with E-state index in [-0.39, 0.29) is 0 Å². The van der Waals surface area contributed by atoms with Gasteiger partial charge in [0.25, 0.3) is 0 Å². The third-order valence-electron chi connectivity index (χ3n) is 1.49. The van der Waals surface area contributed by atoms with Gasteiger partial charge in [-0.25, -0.2) is 0 Å². The van der Waals surface area contributed by atoms with Crippen molar-refractivity contribution in [1.29, 1.82) is 0 Å². The summed E-state index contributed by atoms with van der Waals surface area (Å²) in [4.78, 5) is 4.15. The van der Waals surface area contributed by atoms with Gasteiger partial charge in [-0.1, -0.05) is 6.07 Å². The van der Waals surface area contributed by atoms with Crippen LogP contribution in [0.25, 0.3) is 11.5 Å². The monoisotopic (exact) mass is 223 g/mol. The molecule has 0 saturated carbocycles. The SMILES string of the molecule is Brc1ccc(-c2ccccn2)o1. The zero-order valence-corrected chi connectivity index (χ0v) is 7.78. The lowest BCUT2D eigenvalue weighted by atomic mass is 10.3. The summed E-state index contributed by atoms with van der Waals surface area (Å²) in [6.45, 7) is 0. The number of nitrogens with zero attached hydrogens (tertiary/aromatic N) is 1. The van der Waals surface area contributed by atoms with Crippen LogP contribution in [-0.4, -0.2) is 4.98 Å². The summed E-state index contributed by atoms with van der Waals surface area (Å²) in [6, 6.07) is 9.45. The smallest absolute Gasteiger partial charge is 0.169 e. The Morgan fingerprint density at radius 2 is 2.08 bits per heavy atom. The zero-order chi connectivity index (χ0) is 8.39. The van der Waals surface area contributed by atoms with Crippen LogP contribution in [0, 0.1) is 0 Å². The summed E-state index contributed by atoms with van der Waals surface area (Å²) in [5.74, 6) is 0.780. The molecule has 0 atom stereocenters. The van der Waals surface area contributed by atoms with Crippen molar-refractivity contribution in [3.8, 4) is 11.5 Å². The summed E-state index contributed by atoms with van der Waals surface area (Å²) in [5, 5.41) is 0.